The number of carbonyl (C=O) groups excluding carboxylic acids is 1. The standard InChI is InChI=1S/C15H22O/c1-15-8-3-2-4-14(15)13-6-5-12(16)10-11(13)7-9-15/h10,13-14H,2-9H2,1H3. The van der Waals surface area contributed by atoms with Gasteiger partial charge in [-0.05, 0) is 55.4 Å². The molecule has 0 radical (unpaired) electrons. The van der Waals surface area contributed by atoms with Crippen molar-refractivity contribution < 1.29 is 4.79 Å². The van der Waals surface area contributed by atoms with E-state index in [1.54, 1.807) is 0 Å². The van der Waals surface area contributed by atoms with Crippen molar-refractivity contribution in [1.29, 1.82) is 0 Å². The molecular weight excluding hydrogens is 196 g/mol. The van der Waals surface area contributed by atoms with Gasteiger partial charge in [0.15, 0.2) is 5.78 Å². The highest BCUT2D eigenvalue weighted by Gasteiger charge is 2.45. The van der Waals surface area contributed by atoms with E-state index in [0.717, 1.165) is 24.7 Å². The van der Waals surface area contributed by atoms with Crippen molar-refractivity contribution in [3.63, 3.8) is 0 Å². The number of allylic oxidation sites excluding steroid dienone is 2. The largest absolute Gasteiger partial charge is 0.295 e. The lowest BCUT2D eigenvalue weighted by atomic mass is 9.54. The number of fused-ring (bicyclic) bond motifs is 3. The first-order valence-corrected chi connectivity index (χ1v) is 6.92. The Morgan fingerprint density at radius 3 is 2.94 bits per heavy atom. The zero-order valence-electron chi connectivity index (χ0n) is 10.3. The molecule has 88 valence electrons. The van der Waals surface area contributed by atoms with Gasteiger partial charge in [0.1, 0.15) is 0 Å². The van der Waals surface area contributed by atoms with Gasteiger partial charge in [-0.25, -0.2) is 0 Å². The highest BCUT2D eigenvalue weighted by Crippen LogP contribution is 2.55. The summed E-state index contributed by atoms with van der Waals surface area (Å²) < 4.78 is 0. The minimum absolute atomic E-state index is 0.380. The highest BCUT2D eigenvalue weighted by atomic mass is 16.1. The molecule has 0 bridgehead atoms. The fraction of sp³-hybridized carbons (Fsp3) is 0.800. The molecule has 3 aliphatic carbocycles. The molecule has 3 unspecified atom stereocenters. The second kappa shape index (κ2) is 3.72. The second-order valence-electron chi connectivity index (χ2n) is 6.34. The van der Waals surface area contributed by atoms with Crippen LogP contribution in [0.2, 0.25) is 0 Å². The molecule has 0 aromatic heterocycles. The lowest BCUT2D eigenvalue weighted by Gasteiger charge is -2.51. The molecule has 0 amide bonds. The smallest absolute Gasteiger partial charge is 0.155 e. The average molecular weight is 218 g/mol. The molecular formula is C15H22O. The van der Waals surface area contributed by atoms with Gasteiger partial charge in [-0.3, -0.25) is 4.79 Å². The lowest BCUT2D eigenvalue weighted by Crippen LogP contribution is -2.41. The maximum atomic E-state index is 11.5. The molecule has 3 atom stereocenters. The van der Waals surface area contributed by atoms with Gasteiger partial charge in [0, 0.05) is 6.42 Å². The minimum atomic E-state index is 0.380. The molecule has 0 aromatic carbocycles. The lowest BCUT2D eigenvalue weighted by molar-refractivity contribution is -0.116. The van der Waals surface area contributed by atoms with Gasteiger partial charge < -0.3 is 0 Å². The van der Waals surface area contributed by atoms with E-state index in [-0.39, 0.29) is 0 Å². The molecule has 1 heteroatoms. The summed E-state index contributed by atoms with van der Waals surface area (Å²) in [4.78, 5) is 11.5. The van der Waals surface area contributed by atoms with Gasteiger partial charge in [-0.15, -0.1) is 0 Å². The molecule has 0 saturated heterocycles. The van der Waals surface area contributed by atoms with E-state index in [9.17, 15) is 4.79 Å². The van der Waals surface area contributed by atoms with Crippen LogP contribution in [0.4, 0.5) is 0 Å². The van der Waals surface area contributed by atoms with Crippen molar-refractivity contribution in [2.45, 2.75) is 58.3 Å². The van der Waals surface area contributed by atoms with E-state index < -0.39 is 0 Å². The monoisotopic (exact) mass is 218 g/mol. The van der Waals surface area contributed by atoms with Crippen molar-refractivity contribution in [2.75, 3.05) is 0 Å². The second-order valence-corrected chi connectivity index (χ2v) is 6.34. The fourth-order valence-corrected chi connectivity index (χ4v) is 4.44. The maximum Gasteiger partial charge on any atom is 0.155 e. The van der Waals surface area contributed by atoms with Crippen molar-refractivity contribution >= 4 is 5.78 Å². The van der Waals surface area contributed by atoms with Crippen molar-refractivity contribution in [1.82, 2.24) is 0 Å². The van der Waals surface area contributed by atoms with E-state index in [1.165, 1.54) is 44.1 Å². The Labute approximate surface area is 98.3 Å². The van der Waals surface area contributed by atoms with Gasteiger partial charge in [0.05, 0.1) is 0 Å². The number of ketones is 1. The van der Waals surface area contributed by atoms with Crippen LogP contribution in [-0.4, -0.2) is 5.78 Å². The molecule has 2 fully saturated rings. The Balaban J connectivity index is 1.90. The summed E-state index contributed by atoms with van der Waals surface area (Å²) in [5.41, 5.74) is 2.10. The first kappa shape index (κ1) is 10.6. The Hall–Kier alpha value is -0.590. The first-order chi connectivity index (χ1) is 7.69. The third kappa shape index (κ3) is 1.56. The van der Waals surface area contributed by atoms with Gasteiger partial charge in [-0.1, -0.05) is 25.3 Å². The van der Waals surface area contributed by atoms with Crippen LogP contribution < -0.4 is 0 Å². The summed E-state index contributed by atoms with van der Waals surface area (Å²) in [5.74, 6) is 2.02. The number of hydrogen-bond donors (Lipinski definition) is 0. The Bertz CT molecular complexity index is 341. The van der Waals surface area contributed by atoms with Gasteiger partial charge in [-0.2, -0.15) is 0 Å². The van der Waals surface area contributed by atoms with Crippen LogP contribution in [0, 0.1) is 17.3 Å². The van der Waals surface area contributed by atoms with Crippen LogP contribution in [0.25, 0.3) is 0 Å². The van der Waals surface area contributed by atoms with Crippen LogP contribution in [0.3, 0.4) is 0 Å². The zero-order valence-corrected chi connectivity index (χ0v) is 10.3. The van der Waals surface area contributed by atoms with Crippen molar-refractivity contribution in [3.05, 3.63) is 11.6 Å². The molecule has 0 spiro atoms. The van der Waals surface area contributed by atoms with Crippen molar-refractivity contribution in [3.8, 4) is 0 Å². The Kier molecular flexibility index (Phi) is 2.45. The summed E-state index contributed by atoms with van der Waals surface area (Å²) in [6.07, 6.45) is 12.1. The van der Waals surface area contributed by atoms with E-state index in [2.05, 4.69) is 6.92 Å². The molecule has 0 heterocycles. The zero-order chi connectivity index (χ0) is 11.2. The Morgan fingerprint density at radius 2 is 2.06 bits per heavy atom. The summed E-state index contributed by atoms with van der Waals surface area (Å²) in [7, 11) is 0. The molecule has 16 heavy (non-hydrogen) atoms. The van der Waals surface area contributed by atoms with Crippen LogP contribution >= 0.6 is 0 Å². The van der Waals surface area contributed by atoms with Gasteiger partial charge in [0.25, 0.3) is 0 Å². The van der Waals surface area contributed by atoms with Crippen LogP contribution in [0.1, 0.15) is 58.3 Å². The summed E-state index contributed by atoms with van der Waals surface area (Å²) >= 11 is 0. The van der Waals surface area contributed by atoms with E-state index in [4.69, 9.17) is 0 Å². The molecule has 3 aliphatic rings. The van der Waals surface area contributed by atoms with Gasteiger partial charge >= 0.3 is 0 Å². The summed E-state index contributed by atoms with van der Waals surface area (Å²) in [6.45, 7) is 2.50. The van der Waals surface area contributed by atoms with Crippen molar-refractivity contribution in [2.24, 2.45) is 17.3 Å². The van der Waals surface area contributed by atoms with Gasteiger partial charge in [0.2, 0.25) is 0 Å². The van der Waals surface area contributed by atoms with E-state index in [1.807, 2.05) is 6.08 Å². The molecule has 3 rings (SSSR count). The molecule has 1 nitrogen and oxygen atoms in total. The van der Waals surface area contributed by atoms with E-state index in [0.29, 0.717) is 11.2 Å². The molecule has 0 aliphatic heterocycles. The first-order valence-electron chi connectivity index (χ1n) is 6.92. The van der Waals surface area contributed by atoms with Crippen LogP contribution in [0.15, 0.2) is 11.6 Å². The quantitative estimate of drug-likeness (QED) is 0.603. The third-order valence-corrected chi connectivity index (χ3v) is 5.40. The third-order valence-electron chi connectivity index (χ3n) is 5.40. The predicted octanol–water partition coefficient (Wildman–Crippen LogP) is 3.88. The maximum absolute atomic E-state index is 11.5. The highest BCUT2D eigenvalue weighted by molar-refractivity contribution is 5.91. The minimum Gasteiger partial charge on any atom is -0.295 e. The normalized spacial score (nSPS) is 43.3. The van der Waals surface area contributed by atoms with E-state index >= 15 is 0 Å². The Morgan fingerprint density at radius 1 is 1.19 bits per heavy atom. The average Bonchev–Trinajstić information content (AvgIpc) is 2.28. The summed E-state index contributed by atoms with van der Waals surface area (Å²) in [6, 6.07) is 0. The predicted molar refractivity (Wildman–Crippen MR) is 65.1 cm³/mol. The topological polar surface area (TPSA) is 17.1 Å². The van der Waals surface area contributed by atoms with Crippen LogP contribution in [-0.2, 0) is 4.79 Å². The number of rotatable bonds is 0. The number of carbonyl (C=O) groups is 1. The van der Waals surface area contributed by atoms with Crippen LogP contribution in [0.5, 0.6) is 0 Å². The SMILES string of the molecule is CC12CCCCC1C1CCC(=O)C=C1CC2. The fourth-order valence-electron chi connectivity index (χ4n) is 4.44. The summed E-state index contributed by atoms with van der Waals surface area (Å²) in [5, 5.41) is 0. The number of hydrogen-bond acceptors (Lipinski definition) is 1. The molecule has 0 aromatic rings. The molecule has 2 saturated carbocycles. The molecule has 0 N–H and O–H groups in total.